The van der Waals surface area contributed by atoms with Crippen molar-refractivity contribution in [1.82, 2.24) is 10.3 Å². The number of aromatic nitrogens is 1. The van der Waals surface area contributed by atoms with Crippen molar-refractivity contribution >= 4 is 17.2 Å². The second-order valence-corrected chi connectivity index (χ2v) is 6.97. The number of carbonyl (C=O) groups is 1. The first-order valence-corrected chi connectivity index (χ1v) is 8.40. The maximum Gasteiger partial charge on any atom is 0.226 e. The van der Waals surface area contributed by atoms with Crippen LogP contribution in [-0.2, 0) is 11.2 Å². The number of carbonyl (C=O) groups excluding carboxylic acids is 1. The van der Waals surface area contributed by atoms with Crippen LogP contribution in [-0.4, -0.2) is 16.9 Å². The van der Waals surface area contributed by atoms with Crippen LogP contribution in [0.1, 0.15) is 48.4 Å². The Bertz CT molecular complexity index is 666. The zero-order valence-electron chi connectivity index (χ0n) is 12.7. The zero-order chi connectivity index (χ0) is 15.7. The summed E-state index contributed by atoms with van der Waals surface area (Å²) in [5, 5.41) is 6.06. The SMILES string of the molecule is CC(C)c1nc(CC(=O)N[C@H]2C[C@@H]2c2ccc(F)cc2)cs1. The lowest BCUT2D eigenvalue weighted by molar-refractivity contribution is -0.120. The highest BCUT2D eigenvalue weighted by molar-refractivity contribution is 7.09. The third-order valence-electron chi connectivity index (χ3n) is 3.84. The number of hydrogen-bond donors (Lipinski definition) is 1. The molecule has 5 heteroatoms. The lowest BCUT2D eigenvalue weighted by Gasteiger charge is -2.04. The Balaban J connectivity index is 1.51. The predicted octanol–water partition coefficient (Wildman–Crippen LogP) is 3.62. The quantitative estimate of drug-likeness (QED) is 0.915. The average molecular weight is 318 g/mol. The second kappa shape index (κ2) is 6.16. The summed E-state index contributed by atoms with van der Waals surface area (Å²) >= 11 is 1.61. The van der Waals surface area contributed by atoms with E-state index in [-0.39, 0.29) is 17.8 Å². The van der Waals surface area contributed by atoms with Crippen molar-refractivity contribution in [2.45, 2.75) is 44.6 Å². The predicted molar refractivity (Wildman–Crippen MR) is 85.6 cm³/mol. The van der Waals surface area contributed by atoms with Crippen LogP contribution in [0.4, 0.5) is 4.39 Å². The van der Waals surface area contributed by atoms with E-state index in [9.17, 15) is 9.18 Å². The molecule has 1 amide bonds. The molecule has 1 aliphatic carbocycles. The normalized spacial score (nSPS) is 20.2. The summed E-state index contributed by atoms with van der Waals surface area (Å²) in [5.41, 5.74) is 1.92. The van der Waals surface area contributed by atoms with Crippen LogP contribution >= 0.6 is 11.3 Å². The van der Waals surface area contributed by atoms with Gasteiger partial charge < -0.3 is 5.32 Å². The standard InChI is InChI=1S/C17H19FN2OS/c1-10(2)17-19-13(9-22-17)7-16(21)20-15-8-14(15)11-3-5-12(18)6-4-11/h3-6,9-10,14-15H,7-8H2,1-2H3,(H,20,21)/t14-,15+/m1/s1. The molecule has 3 rings (SSSR count). The van der Waals surface area contributed by atoms with E-state index in [1.807, 2.05) is 5.38 Å². The van der Waals surface area contributed by atoms with Gasteiger partial charge in [0.05, 0.1) is 17.1 Å². The molecule has 0 bridgehead atoms. The number of thiazole rings is 1. The van der Waals surface area contributed by atoms with Crippen molar-refractivity contribution in [2.24, 2.45) is 0 Å². The van der Waals surface area contributed by atoms with Crippen molar-refractivity contribution in [1.29, 1.82) is 0 Å². The highest BCUT2D eigenvalue weighted by Crippen LogP contribution is 2.40. The second-order valence-electron chi connectivity index (χ2n) is 6.08. The molecular weight excluding hydrogens is 299 g/mol. The molecule has 3 nitrogen and oxygen atoms in total. The van der Waals surface area contributed by atoms with Crippen molar-refractivity contribution in [2.75, 3.05) is 0 Å². The fourth-order valence-corrected chi connectivity index (χ4v) is 3.36. The van der Waals surface area contributed by atoms with Gasteiger partial charge in [-0.1, -0.05) is 26.0 Å². The van der Waals surface area contributed by atoms with Gasteiger partial charge in [-0.3, -0.25) is 4.79 Å². The molecular formula is C17H19FN2OS. The Morgan fingerprint density at radius 1 is 1.41 bits per heavy atom. The van der Waals surface area contributed by atoms with Crippen molar-refractivity contribution in [3.63, 3.8) is 0 Å². The first-order chi connectivity index (χ1) is 10.5. The van der Waals surface area contributed by atoms with E-state index < -0.39 is 0 Å². The van der Waals surface area contributed by atoms with E-state index in [1.54, 1.807) is 23.5 Å². The first kappa shape index (κ1) is 15.2. The minimum atomic E-state index is -0.227. The lowest BCUT2D eigenvalue weighted by atomic mass is 10.1. The summed E-state index contributed by atoms with van der Waals surface area (Å²) in [7, 11) is 0. The summed E-state index contributed by atoms with van der Waals surface area (Å²) in [4.78, 5) is 16.5. The van der Waals surface area contributed by atoms with Gasteiger partial charge in [-0.15, -0.1) is 11.3 Å². The fourth-order valence-electron chi connectivity index (χ4n) is 2.52. The van der Waals surface area contributed by atoms with Crippen molar-refractivity contribution in [3.05, 3.63) is 51.7 Å². The van der Waals surface area contributed by atoms with E-state index in [4.69, 9.17) is 0 Å². The summed E-state index contributed by atoms with van der Waals surface area (Å²) in [6.45, 7) is 4.19. The Labute approximate surface area is 133 Å². The molecule has 1 aromatic heterocycles. The number of benzene rings is 1. The highest BCUT2D eigenvalue weighted by Gasteiger charge is 2.39. The molecule has 1 saturated carbocycles. The molecule has 1 N–H and O–H groups in total. The summed E-state index contributed by atoms with van der Waals surface area (Å²) < 4.78 is 12.9. The molecule has 2 aromatic rings. The van der Waals surface area contributed by atoms with E-state index >= 15 is 0 Å². The molecule has 22 heavy (non-hydrogen) atoms. The molecule has 1 aromatic carbocycles. The molecule has 0 aliphatic heterocycles. The molecule has 1 fully saturated rings. The fraction of sp³-hybridized carbons (Fsp3) is 0.412. The van der Waals surface area contributed by atoms with E-state index in [0.29, 0.717) is 18.3 Å². The minimum Gasteiger partial charge on any atom is -0.352 e. The maximum atomic E-state index is 12.9. The number of nitrogens with one attached hydrogen (secondary N) is 1. The molecule has 0 spiro atoms. The van der Waals surface area contributed by atoms with Crippen LogP contribution in [0, 0.1) is 5.82 Å². The topological polar surface area (TPSA) is 42.0 Å². The monoisotopic (exact) mass is 318 g/mol. The lowest BCUT2D eigenvalue weighted by Crippen LogP contribution is -2.28. The molecule has 116 valence electrons. The van der Waals surface area contributed by atoms with Crippen molar-refractivity contribution < 1.29 is 9.18 Å². The minimum absolute atomic E-state index is 0.00946. The summed E-state index contributed by atoms with van der Waals surface area (Å²) in [6.07, 6.45) is 1.25. The zero-order valence-corrected chi connectivity index (χ0v) is 13.5. The van der Waals surface area contributed by atoms with Gasteiger partial charge in [0.25, 0.3) is 0 Å². The van der Waals surface area contributed by atoms with Gasteiger partial charge in [0.1, 0.15) is 5.82 Å². The maximum absolute atomic E-state index is 12.9. The summed E-state index contributed by atoms with van der Waals surface area (Å²) in [6, 6.07) is 6.69. The molecule has 2 atom stereocenters. The number of amides is 1. The Morgan fingerprint density at radius 3 is 2.77 bits per heavy atom. The van der Waals surface area contributed by atoms with Gasteiger partial charge in [-0.25, -0.2) is 9.37 Å². The largest absolute Gasteiger partial charge is 0.352 e. The number of nitrogens with zero attached hydrogens (tertiary/aromatic N) is 1. The van der Waals surface area contributed by atoms with Gasteiger partial charge in [0.15, 0.2) is 0 Å². The molecule has 1 aliphatic rings. The van der Waals surface area contributed by atoms with Crippen LogP contribution in [0.25, 0.3) is 0 Å². The molecule has 0 radical (unpaired) electrons. The number of rotatable bonds is 5. The highest BCUT2D eigenvalue weighted by atomic mass is 32.1. The van der Waals surface area contributed by atoms with Crippen LogP contribution in [0.2, 0.25) is 0 Å². The van der Waals surface area contributed by atoms with Gasteiger partial charge in [-0.05, 0) is 24.1 Å². The van der Waals surface area contributed by atoms with Crippen LogP contribution in [0.3, 0.4) is 0 Å². The third-order valence-corrected chi connectivity index (χ3v) is 5.03. The van der Waals surface area contributed by atoms with Gasteiger partial charge in [-0.2, -0.15) is 0 Å². The Morgan fingerprint density at radius 2 is 2.14 bits per heavy atom. The average Bonchev–Trinajstić information content (AvgIpc) is 3.06. The van der Waals surface area contributed by atoms with Gasteiger partial charge in [0, 0.05) is 23.3 Å². The Hall–Kier alpha value is -1.75. The number of hydrogen-bond acceptors (Lipinski definition) is 3. The van der Waals surface area contributed by atoms with E-state index in [2.05, 4.69) is 24.1 Å². The van der Waals surface area contributed by atoms with Gasteiger partial charge >= 0.3 is 0 Å². The first-order valence-electron chi connectivity index (χ1n) is 7.52. The van der Waals surface area contributed by atoms with Crippen LogP contribution in [0.5, 0.6) is 0 Å². The molecule has 0 unspecified atom stereocenters. The third kappa shape index (κ3) is 3.53. The summed E-state index contributed by atoms with van der Waals surface area (Å²) in [5.74, 6) is 0.490. The molecule has 0 saturated heterocycles. The number of halogens is 1. The van der Waals surface area contributed by atoms with Crippen LogP contribution in [0.15, 0.2) is 29.6 Å². The van der Waals surface area contributed by atoms with Crippen molar-refractivity contribution in [3.8, 4) is 0 Å². The van der Waals surface area contributed by atoms with E-state index in [0.717, 1.165) is 22.7 Å². The molecule has 1 heterocycles. The van der Waals surface area contributed by atoms with Gasteiger partial charge in [0.2, 0.25) is 5.91 Å². The Kier molecular flexibility index (Phi) is 4.25. The smallest absolute Gasteiger partial charge is 0.226 e. The van der Waals surface area contributed by atoms with Crippen LogP contribution < -0.4 is 5.32 Å². The van der Waals surface area contributed by atoms with E-state index in [1.165, 1.54) is 12.1 Å².